The highest BCUT2D eigenvalue weighted by Gasteiger charge is 2.25. The van der Waals surface area contributed by atoms with E-state index in [1.54, 1.807) is 12.3 Å². The van der Waals surface area contributed by atoms with Crippen molar-refractivity contribution in [2.45, 2.75) is 32.2 Å². The highest BCUT2D eigenvalue weighted by atomic mass is 19.2. The number of piperidine rings is 1. The Morgan fingerprint density at radius 1 is 1.11 bits per heavy atom. The van der Waals surface area contributed by atoms with Gasteiger partial charge in [-0.15, -0.1) is 0 Å². The van der Waals surface area contributed by atoms with Crippen molar-refractivity contribution in [2.75, 3.05) is 13.1 Å². The van der Waals surface area contributed by atoms with Crippen molar-refractivity contribution in [1.29, 1.82) is 0 Å². The molecule has 5 heteroatoms. The van der Waals surface area contributed by atoms with Gasteiger partial charge in [-0.05, 0) is 49.6 Å². The number of nitrogens with zero attached hydrogens (tertiary/aromatic N) is 2. The number of hydrogen-bond acceptors (Lipinski definition) is 2. The smallest absolute Gasteiger partial charge is 0.159 e. The summed E-state index contributed by atoms with van der Waals surface area (Å²) in [7, 11) is 0. The van der Waals surface area contributed by atoms with Crippen molar-refractivity contribution in [3.63, 3.8) is 0 Å². The number of aromatic amines is 1. The van der Waals surface area contributed by atoms with Gasteiger partial charge in [0.25, 0.3) is 0 Å². The van der Waals surface area contributed by atoms with Crippen LogP contribution in [0.1, 0.15) is 35.6 Å². The molecular formula is C22H23F2N3. The van der Waals surface area contributed by atoms with Crippen molar-refractivity contribution in [3.05, 3.63) is 77.1 Å². The zero-order valence-corrected chi connectivity index (χ0v) is 15.4. The first-order valence-electron chi connectivity index (χ1n) is 9.37. The molecule has 1 aromatic heterocycles. The molecule has 0 saturated carbocycles. The molecule has 0 aliphatic carbocycles. The number of halogens is 2. The average molecular weight is 367 g/mol. The first kappa shape index (κ1) is 17.9. The second-order valence-corrected chi connectivity index (χ2v) is 7.39. The third-order valence-electron chi connectivity index (χ3n) is 5.34. The van der Waals surface area contributed by atoms with Crippen LogP contribution in [0.15, 0.2) is 48.7 Å². The largest absolute Gasteiger partial charge is 0.298 e. The van der Waals surface area contributed by atoms with Crippen LogP contribution in [0, 0.1) is 18.6 Å². The van der Waals surface area contributed by atoms with E-state index in [1.165, 1.54) is 23.3 Å². The Kier molecular flexibility index (Phi) is 5.03. The van der Waals surface area contributed by atoms with Gasteiger partial charge < -0.3 is 0 Å². The van der Waals surface area contributed by atoms with Gasteiger partial charge in [-0.2, -0.15) is 5.10 Å². The molecule has 1 fully saturated rings. The lowest BCUT2D eigenvalue weighted by Gasteiger charge is -2.32. The lowest BCUT2D eigenvalue weighted by atomic mass is 9.90. The van der Waals surface area contributed by atoms with Gasteiger partial charge >= 0.3 is 0 Å². The van der Waals surface area contributed by atoms with Crippen molar-refractivity contribution < 1.29 is 8.78 Å². The predicted octanol–water partition coefficient (Wildman–Crippen LogP) is 5.04. The lowest BCUT2D eigenvalue weighted by Crippen LogP contribution is -2.34. The van der Waals surface area contributed by atoms with Crippen molar-refractivity contribution >= 4 is 0 Å². The van der Waals surface area contributed by atoms with Crippen LogP contribution < -0.4 is 0 Å². The average Bonchev–Trinajstić information content (AvgIpc) is 3.16. The highest BCUT2D eigenvalue weighted by Crippen LogP contribution is 2.33. The number of likely N-dealkylation sites (tertiary alicyclic amines) is 1. The molecule has 2 heterocycles. The molecule has 4 rings (SSSR count). The molecule has 27 heavy (non-hydrogen) atoms. The summed E-state index contributed by atoms with van der Waals surface area (Å²) in [5, 5.41) is 7.29. The topological polar surface area (TPSA) is 31.9 Å². The molecule has 1 atom stereocenters. The van der Waals surface area contributed by atoms with Crippen molar-refractivity contribution in [2.24, 2.45) is 0 Å². The van der Waals surface area contributed by atoms with Crippen LogP contribution in [-0.4, -0.2) is 28.2 Å². The van der Waals surface area contributed by atoms with Gasteiger partial charge in [0.15, 0.2) is 11.6 Å². The number of hydrogen-bond donors (Lipinski definition) is 1. The van der Waals surface area contributed by atoms with Crippen LogP contribution >= 0.6 is 0 Å². The zero-order chi connectivity index (χ0) is 18.8. The molecule has 0 amide bonds. The third-order valence-corrected chi connectivity index (χ3v) is 5.34. The van der Waals surface area contributed by atoms with Gasteiger partial charge in [0, 0.05) is 30.3 Å². The summed E-state index contributed by atoms with van der Waals surface area (Å²) in [5.41, 5.74) is 5.11. The molecule has 3 nitrogen and oxygen atoms in total. The van der Waals surface area contributed by atoms with Crippen LogP contribution in [-0.2, 0) is 6.54 Å². The lowest BCUT2D eigenvalue weighted by molar-refractivity contribution is 0.198. The zero-order valence-electron chi connectivity index (χ0n) is 15.4. The van der Waals surface area contributed by atoms with E-state index in [0.717, 1.165) is 43.7 Å². The third kappa shape index (κ3) is 3.93. The standard InChI is InChI=1S/C22H23F2N3/c1-15-4-6-16(7-5-15)13-27-10-2-3-18(14-27)22-19(12-25-26-22)17-8-9-20(23)21(24)11-17/h4-9,11-12,18H,2-3,10,13-14H2,1H3,(H,25,26)/t18-/m0/s1. The summed E-state index contributed by atoms with van der Waals surface area (Å²) in [6.07, 6.45) is 3.87. The Hall–Kier alpha value is -2.53. The van der Waals surface area contributed by atoms with Crippen LogP contribution in [0.2, 0.25) is 0 Å². The molecule has 1 N–H and O–H groups in total. The first-order chi connectivity index (χ1) is 13.1. The minimum atomic E-state index is -0.829. The monoisotopic (exact) mass is 367 g/mol. The Morgan fingerprint density at radius 3 is 2.70 bits per heavy atom. The van der Waals surface area contributed by atoms with E-state index in [-0.39, 0.29) is 0 Å². The minimum absolute atomic E-state index is 0.301. The predicted molar refractivity (Wildman–Crippen MR) is 102 cm³/mol. The van der Waals surface area contributed by atoms with Crippen molar-refractivity contribution in [3.8, 4) is 11.1 Å². The number of aromatic nitrogens is 2. The quantitative estimate of drug-likeness (QED) is 0.700. The van der Waals surface area contributed by atoms with E-state index in [2.05, 4.69) is 46.3 Å². The number of rotatable bonds is 4. The van der Waals surface area contributed by atoms with Gasteiger partial charge in [0.1, 0.15) is 0 Å². The number of nitrogens with one attached hydrogen (secondary N) is 1. The fourth-order valence-electron chi connectivity index (χ4n) is 3.89. The van der Waals surface area contributed by atoms with E-state index in [9.17, 15) is 8.78 Å². The molecule has 0 bridgehead atoms. The Morgan fingerprint density at radius 2 is 1.93 bits per heavy atom. The van der Waals surface area contributed by atoms with Crippen LogP contribution in [0.3, 0.4) is 0 Å². The first-order valence-corrected chi connectivity index (χ1v) is 9.37. The molecule has 1 aliphatic heterocycles. The SMILES string of the molecule is Cc1ccc(CN2CCC[C@H](c3[nH]ncc3-c3ccc(F)c(F)c3)C2)cc1. The molecule has 0 radical (unpaired) electrons. The van der Waals surface area contributed by atoms with Gasteiger partial charge in [0.05, 0.1) is 6.20 Å². The van der Waals surface area contributed by atoms with Crippen molar-refractivity contribution in [1.82, 2.24) is 15.1 Å². The Labute approximate surface area is 158 Å². The second-order valence-electron chi connectivity index (χ2n) is 7.39. The van der Waals surface area contributed by atoms with Crippen LogP contribution in [0.25, 0.3) is 11.1 Å². The maximum Gasteiger partial charge on any atom is 0.159 e. The van der Waals surface area contributed by atoms with E-state index in [0.29, 0.717) is 11.5 Å². The summed E-state index contributed by atoms with van der Waals surface area (Å²) in [6, 6.07) is 12.7. The molecule has 1 saturated heterocycles. The van der Waals surface area contributed by atoms with Crippen LogP contribution in [0.5, 0.6) is 0 Å². The van der Waals surface area contributed by atoms with E-state index in [4.69, 9.17) is 0 Å². The molecule has 0 spiro atoms. The molecule has 2 aromatic carbocycles. The van der Waals surface area contributed by atoms with Gasteiger partial charge in [0.2, 0.25) is 0 Å². The van der Waals surface area contributed by atoms with Crippen LogP contribution in [0.4, 0.5) is 8.78 Å². The van der Waals surface area contributed by atoms with E-state index < -0.39 is 11.6 Å². The summed E-state index contributed by atoms with van der Waals surface area (Å²) >= 11 is 0. The van der Waals surface area contributed by atoms with E-state index >= 15 is 0 Å². The van der Waals surface area contributed by atoms with E-state index in [1.807, 2.05) is 0 Å². The number of aryl methyl sites for hydroxylation is 1. The molecule has 1 aliphatic rings. The molecule has 0 unspecified atom stereocenters. The van der Waals surface area contributed by atoms with Gasteiger partial charge in [-0.25, -0.2) is 8.78 Å². The fraction of sp³-hybridized carbons (Fsp3) is 0.318. The second kappa shape index (κ2) is 7.61. The summed E-state index contributed by atoms with van der Waals surface area (Å²) in [5.74, 6) is -1.36. The maximum atomic E-state index is 13.7. The highest BCUT2D eigenvalue weighted by molar-refractivity contribution is 5.66. The Bertz CT molecular complexity index is 918. The molecule has 140 valence electrons. The summed E-state index contributed by atoms with van der Waals surface area (Å²) in [6.45, 7) is 5.01. The number of H-pyrrole nitrogens is 1. The Balaban J connectivity index is 1.52. The summed E-state index contributed by atoms with van der Waals surface area (Å²) < 4.78 is 26.9. The number of benzene rings is 2. The maximum absolute atomic E-state index is 13.7. The fourth-order valence-corrected chi connectivity index (χ4v) is 3.89. The van der Waals surface area contributed by atoms with Gasteiger partial charge in [-0.3, -0.25) is 10.00 Å². The summed E-state index contributed by atoms with van der Waals surface area (Å²) in [4.78, 5) is 2.45. The minimum Gasteiger partial charge on any atom is -0.298 e. The molecular weight excluding hydrogens is 344 g/mol. The van der Waals surface area contributed by atoms with Gasteiger partial charge in [-0.1, -0.05) is 35.9 Å². The molecule has 3 aromatic rings. The normalized spacial score (nSPS) is 18.0.